The Morgan fingerprint density at radius 1 is 1.56 bits per heavy atom. The number of methoxy groups -OCH3 is 1. The number of ether oxygens (including phenoxy) is 1. The number of aryl methyl sites for hydroxylation is 1. The first kappa shape index (κ1) is 22.0. The smallest absolute Gasteiger partial charge is 0.352 e. The Balaban J connectivity index is 1.52. The third-order valence-electron chi connectivity index (χ3n) is 4.71. The van der Waals surface area contributed by atoms with Gasteiger partial charge in [0, 0.05) is 25.7 Å². The summed E-state index contributed by atoms with van der Waals surface area (Å²) in [5.41, 5.74) is -1.40. The van der Waals surface area contributed by atoms with Crippen molar-refractivity contribution >= 4 is 41.3 Å². The summed E-state index contributed by atoms with van der Waals surface area (Å²) in [4.78, 5) is 38.6. The summed E-state index contributed by atoms with van der Waals surface area (Å²) >= 11 is 2.49. The maximum absolute atomic E-state index is 13.0. The van der Waals surface area contributed by atoms with Crippen molar-refractivity contribution in [1.82, 2.24) is 35.7 Å². The van der Waals surface area contributed by atoms with Crippen LogP contribution >= 0.6 is 23.5 Å². The van der Waals surface area contributed by atoms with Gasteiger partial charge in [-0.15, -0.1) is 16.9 Å². The fraction of sp³-hybridized carbons (Fsp3) is 0.467. The molecule has 15 nitrogen and oxygen atoms in total. The van der Waals surface area contributed by atoms with Gasteiger partial charge in [-0.05, 0) is 16.0 Å². The molecule has 2 atom stereocenters. The molecule has 2 N–H and O–H groups in total. The molecule has 17 heteroatoms. The molecule has 0 spiro atoms. The van der Waals surface area contributed by atoms with Crippen molar-refractivity contribution in [3.63, 3.8) is 0 Å². The average Bonchev–Trinajstić information content (AvgIpc) is 3.36. The number of nitrogens with one attached hydrogen (secondary N) is 1. The summed E-state index contributed by atoms with van der Waals surface area (Å²) in [6.07, 6.45) is 0.977. The lowest BCUT2D eigenvalue weighted by Crippen LogP contribution is -2.81. The molecule has 0 radical (unpaired) electrons. The highest BCUT2D eigenvalue weighted by Gasteiger charge is 2.66. The number of aromatic nitrogens is 6. The highest BCUT2D eigenvalue weighted by molar-refractivity contribution is 8.01. The van der Waals surface area contributed by atoms with Crippen LogP contribution in [-0.2, 0) is 32.7 Å². The van der Waals surface area contributed by atoms with Crippen LogP contribution in [0.4, 0.5) is 0 Å². The average molecular weight is 484 g/mol. The van der Waals surface area contributed by atoms with Crippen molar-refractivity contribution in [3.05, 3.63) is 17.5 Å². The number of carboxylic acids is 1. The molecule has 0 aromatic carbocycles. The largest absolute Gasteiger partial charge is 0.539 e. The van der Waals surface area contributed by atoms with E-state index in [-0.39, 0.29) is 17.2 Å². The molecule has 170 valence electrons. The number of carbonyl (C=O) groups is 3. The normalized spacial score (nSPS) is 22.5. The summed E-state index contributed by atoms with van der Waals surface area (Å²) in [7, 11) is 2.90. The van der Waals surface area contributed by atoms with Gasteiger partial charge in [-0.2, -0.15) is 0 Å². The molecule has 4 rings (SSSR count). The molecule has 32 heavy (non-hydrogen) atoms. The van der Waals surface area contributed by atoms with Gasteiger partial charge in [0.15, 0.2) is 0 Å². The number of rotatable bonds is 8. The lowest BCUT2D eigenvalue weighted by molar-refractivity contribution is -0.751. The molecule has 2 aromatic heterocycles. The molecule has 0 bridgehead atoms. The van der Waals surface area contributed by atoms with Gasteiger partial charge in [0.2, 0.25) is 11.4 Å². The fourth-order valence-corrected chi connectivity index (χ4v) is 5.71. The maximum atomic E-state index is 13.0. The number of thioether (sulfide) groups is 2. The van der Waals surface area contributed by atoms with Crippen molar-refractivity contribution in [2.75, 3.05) is 18.6 Å². The van der Waals surface area contributed by atoms with Crippen molar-refractivity contribution in [1.29, 1.82) is 0 Å². The van der Waals surface area contributed by atoms with Crippen LogP contribution in [0, 0.1) is 0 Å². The SMILES string of the molecule is CO[C@@]1(NC(=O)C[n+]2cc([O-])on2)C(=O)N2C(C(=O)O)=C(CSc3nnnn3C)CS[C@H]21. The van der Waals surface area contributed by atoms with Crippen molar-refractivity contribution in [2.45, 2.75) is 22.8 Å². The minimum Gasteiger partial charge on any atom is -0.539 e. The van der Waals surface area contributed by atoms with Crippen LogP contribution in [0.2, 0.25) is 0 Å². The molecule has 1 saturated heterocycles. The van der Waals surface area contributed by atoms with Gasteiger partial charge in [0.1, 0.15) is 17.0 Å². The monoisotopic (exact) mass is 484 g/mol. The van der Waals surface area contributed by atoms with E-state index < -0.39 is 41.4 Å². The summed E-state index contributed by atoms with van der Waals surface area (Å²) in [6, 6.07) is 0. The number of carboxylic acid groups (broad SMARTS) is 1. The minimum absolute atomic E-state index is 0.162. The van der Waals surface area contributed by atoms with Crippen LogP contribution < -0.4 is 15.1 Å². The zero-order valence-corrected chi connectivity index (χ0v) is 18.3. The number of tetrazole rings is 1. The highest BCUT2D eigenvalue weighted by Crippen LogP contribution is 2.47. The summed E-state index contributed by atoms with van der Waals surface area (Å²) in [5.74, 6) is -2.85. The lowest BCUT2D eigenvalue weighted by Gasteiger charge is -2.55. The Morgan fingerprint density at radius 2 is 2.34 bits per heavy atom. The molecular weight excluding hydrogens is 468 g/mol. The van der Waals surface area contributed by atoms with Crippen LogP contribution in [-0.4, -0.2) is 83.0 Å². The number of hydrogen-bond donors (Lipinski definition) is 2. The molecule has 2 aliphatic rings. The molecule has 0 saturated carbocycles. The third-order valence-corrected chi connectivity index (χ3v) is 7.18. The standard InChI is InChI=1S/C15H16N8O7S2/c1-21-14(17-18-19-21)32-6-7-5-31-13-15(29-2,12(28)23(13)10(7)11(26)27)16-8(24)3-22-4-9(25)30-20-22/h4,13H,3,5-6H2,1-2H3,(H2-,16,20,24,25,26,27)/t13-,15-/m0/s1. The Morgan fingerprint density at radius 3 is 2.94 bits per heavy atom. The number of hydrogen-bond acceptors (Lipinski definition) is 12. The molecule has 0 aliphatic carbocycles. The minimum atomic E-state index is -1.75. The van der Waals surface area contributed by atoms with Crippen LogP contribution in [0.1, 0.15) is 0 Å². The first-order chi connectivity index (χ1) is 15.3. The first-order valence-electron chi connectivity index (χ1n) is 8.92. The summed E-state index contributed by atoms with van der Waals surface area (Å²) < 4.78 is 12.1. The van der Waals surface area contributed by atoms with E-state index in [1.165, 1.54) is 35.3 Å². The van der Waals surface area contributed by atoms with Crippen LogP contribution in [0.3, 0.4) is 0 Å². The zero-order chi connectivity index (χ0) is 23.0. The van der Waals surface area contributed by atoms with Gasteiger partial charge < -0.3 is 24.8 Å². The molecule has 1 fully saturated rings. The number of carbonyl (C=O) groups excluding carboxylic acids is 2. The Kier molecular flexibility index (Phi) is 5.78. The van der Waals surface area contributed by atoms with E-state index in [4.69, 9.17) is 4.74 Å². The number of amides is 2. The third kappa shape index (κ3) is 3.67. The van der Waals surface area contributed by atoms with Crippen LogP contribution in [0.5, 0.6) is 5.95 Å². The quantitative estimate of drug-likeness (QED) is 0.167. The second-order valence-corrected chi connectivity index (χ2v) is 8.69. The lowest BCUT2D eigenvalue weighted by atomic mass is 9.98. The van der Waals surface area contributed by atoms with E-state index in [0.717, 1.165) is 15.8 Å². The summed E-state index contributed by atoms with van der Waals surface area (Å²) in [6.45, 7) is -0.392. The Labute approximate surface area is 187 Å². The van der Waals surface area contributed by atoms with E-state index in [9.17, 15) is 24.6 Å². The maximum Gasteiger partial charge on any atom is 0.352 e. The topological polar surface area (TPSA) is 193 Å². The fourth-order valence-electron chi connectivity index (χ4n) is 3.28. The van der Waals surface area contributed by atoms with Gasteiger partial charge >= 0.3 is 5.97 Å². The summed E-state index contributed by atoms with van der Waals surface area (Å²) in [5, 5.41) is 37.5. The zero-order valence-electron chi connectivity index (χ0n) is 16.6. The van der Waals surface area contributed by atoms with E-state index in [1.54, 1.807) is 7.05 Å². The van der Waals surface area contributed by atoms with Gasteiger partial charge in [-0.25, -0.2) is 9.48 Å². The molecule has 2 aromatic rings. The molecular formula is C15H16N8O7S2. The second kappa shape index (κ2) is 8.40. The van der Waals surface area contributed by atoms with Crippen LogP contribution in [0.25, 0.3) is 0 Å². The number of aliphatic carboxylic acids is 1. The Hall–Kier alpha value is -3.18. The molecule has 4 heterocycles. The van der Waals surface area contributed by atoms with Crippen molar-refractivity contribution < 1.29 is 38.5 Å². The molecule has 2 amide bonds. The molecule has 2 aliphatic heterocycles. The van der Waals surface area contributed by atoms with Gasteiger partial charge in [-0.1, -0.05) is 16.4 Å². The predicted octanol–water partition coefficient (Wildman–Crippen LogP) is -2.94. The Bertz CT molecular complexity index is 1120. The van der Waals surface area contributed by atoms with E-state index >= 15 is 0 Å². The highest BCUT2D eigenvalue weighted by atomic mass is 32.2. The van der Waals surface area contributed by atoms with Crippen LogP contribution in [0.15, 0.2) is 27.1 Å². The first-order valence-corrected chi connectivity index (χ1v) is 11.0. The molecule has 0 unspecified atom stereocenters. The second-order valence-electron chi connectivity index (χ2n) is 6.68. The van der Waals surface area contributed by atoms with Gasteiger partial charge in [0.05, 0.1) is 5.27 Å². The van der Waals surface area contributed by atoms with E-state index in [1.807, 2.05) is 0 Å². The van der Waals surface area contributed by atoms with Crippen molar-refractivity contribution in [3.8, 4) is 5.95 Å². The number of nitrogens with zero attached hydrogens (tertiary/aromatic N) is 7. The predicted molar refractivity (Wildman–Crippen MR) is 101 cm³/mol. The van der Waals surface area contributed by atoms with E-state index in [0.29, 0.717) is 10.7 Å². The number of β-lactam (4-membered cyclic amide) rings is 1. The van der Waals surface area contributed by atoms with Gasteiger partial charge in [0.25, 0.3) is 24.1 Å². The van der Waals surface area contributed by atoms with Crippen molar-refractivity contribution in [2.24, 2.45) is 7.05 Å². The number of fused-ring (bicyclic) bond motifs is 1. The van der Waals surface area contributed by atoms with E-state index in [2.05, 4.69) is 30.6 Å². The van der Waals surface area contributed by atoms with Gasteiger partial charge in [-0.3, -0.25) is 14.5 Å².